The first-order valence-corrected chi connectivity index (χ1v) is 9.70. The highest BCUT2D eigenvalue weighted by atomic mass is 32.2. The molecule has 2 fully saturated rings. The molecule has 3 atom stereocenters. The van der Waals surface area contributed by atoms with E-state index >= 15 is 0 Å². The Kier molecular flexibility index (Phi) is 7.50. The highest BCUT2D eigenvalue weighted by Crippen LogP contribution is 2.32. The van der Waals surface area contributed by atoms with Gasteiger partial charge in [0.25, 0.3) is 5.91 Å². The quantitative estimate of drug-likeness (QED) is 0.279. The molecule has 2 aliphatic rings. The Balaban J connectivity index is 1.97. The van der Waals surface area contributed by atoms with Gasteiger partial charge in [-0.15, -0.1) is 6.58 Å². The van der Waals surface area contributed by atoms with Crippen LogP contribution in [0.1, 0.15) is 32.6 Å². The zero-order chi connectivity index (χ0) is 19.1. The number of nitrogens with zero attached hydrogens (tertiary/aromatic N) is 1. The van der Waals surface area contributed by atoms with Crippen molar-refractivity contribution in [1.29, 1.82) is 0 Å². The van der Waals surface area contributed by atoms with E-state index in [1.54, 1.807) is 6.08 Å². The summed E-state index contributed by atoms with van der Waals surface area (Å²) >= 11 is 1.39. The second-order valence-electron chi connectivity index (χ2n) is 6.61. The van der Waals surface area contributed by atoms with E-state index < -0.39 is 12.1 Å². The molecule has 144 valence electrons. The van der Waals surface area contributed by atoms with Gasteiger partial charge in [0.15, 0.2) is 0 Å². The lowest BCUT2D eigenvalue weighted by molar-refractivity contribution is -0.139. The molecule has 2 rings (SSSR count). The zero-order valence-electron chi connectivity index (χ0n) is 14.9. The fourth-order valence-corrected chi connectivity index (χ4v) is 3.56. The predicted octanol–water partition coefficient (Wildman–Crippen LogP) is -0.0429. The van der Waals surface area contributed by atoms with Crippen LogP contribution in [0, 0.1) is 5.92 Å². The monoisotopic (exact) mass is 382 g/mol. The zero-order valence-corrected chi connectivity index (χ0v) is 15.7. The lowest BCUT2D eigenvalue weighted by atomic mass is 10.0. The molecule has 0 radical (unpaired) electrons. The molecule has 0 bridgehead atoms. The summed E-state index contributed by atoms with van der Waals surface area (Å²) in [6.45, 7) is 5.84. The van der Waals surface area contributed by atoms with Crippen molar-refractivity contribution < 1.29 is 19.2 Å². The molecule has 0 aromatic rings. The fraction of sp³-hybridized carbons (Fsp3) is 0.647. The van der Waals surface area contributed by atoms with Crippen molar-refractivity contribution in [2.24, 2.45) is 5.92 Å². The summed E-state index contributed by atoms with van der Waals surface area (Å²) in [5.74, 6) is -1.17. The van der Waals surface area contributed by atoms with Crippen LogP contribution in [-0.4, -0.2) is 59.5 Å². The van der Waals surface area contributed by atoms with Gasteiger partial charge in [-0.2, -0.15) is 0 Å². The number of amides is 4. The third kappa shape index (κ3) is 5.48. The summed E-state index contributed by atoms with van der Waals surface area (Å²) in [6, 6.07) is -1.36. The molecule has 2 unspecified atom stereocenters. The first-order chi connectivity index (χ1) is 12.5. The number of hydrogen-bond acceptors (Lipinski definition) is 5. The third-order valence-electron chi connectivity index (χ3n) is 4.54. The number of hydrogen-bond donors (Lipinski definition) is 3. The summed E-state index contributed by atoms with van der Waals surface area (Å²) in [5, 5.41) is 5.56. The third-order valence-corrected chi connectivity index (χ3v) is 5.66. The first-order valence-electron chi connectivity index (χ1n) is 8.82. The Hall–Kier alpha value is -2.03. The minimum atomic E-state index is -0.739. The van der Waals surface area contributed by atoms with Gasteiger partial charge in [-0.05, 0) is 37.6 Å². The first kappa shape index (κ1) is 20.3. The van der Waals surface area contributed by atoms with Gasteiger partial charge in [-0.3, -0.25) is 23.9 Å². The Morgan fingerprint density at radius 2 is 2.04 bits per heavy atom. The van der Waals surface area contributed by atoms with Gasteiger partial charge in [0.05, 0.1) is 6.54 Å². The Morgan fingerprint density at radius 1 is 1.31 bits per heavy atom. The van der Waals surface area contributed by atoms with E-state index in [2.05, 4.69) is 21.9 Å². The van der Waals surface area contributed by atoms with Crippen LogP contribution in [0.5, 0.6) is 0 Å². The number of likely N-dealkylation sites (tertiary alicyclic amines) is 1. The molecule has 3 N–H and O–H groups in total. The summed E-state index contributed by atoms with van der Waals surface area (Å²) in [7, 11) is 0. The second kappa shape index (κ2) is 9.61. The summed E-state index contributed by atoms with van der Waals surface area (Å²) in [4.78, 5) is 49.1. The van der Waals surface area contributed by atoms with Crippen LogP contribution in [0.25, 0.3) is 0 Å². The number of nitrogens with one attached hydrogen (secondary N) is 3. The van der Waals surface area contributed by atoms with Crippen LogP contribution < -0.4 is 15.4 Å². The normalized spacial score (nSPS) is 21.4. The van der Waals surface area contributed by atoms with Gasteiger partial charge >= 0.3 is 0 Å². The van der Waals surface area contributed by atoms with Crippen molar-refractivity contribution in [2.45, 2.75) is 49.9 Å². The molecule has 0 spiro atoms. The number of carbonyl (C=O) groups excluding carboxylic acids is 4. The summed E-state index contributed by atoms with van der Waals surface area (Å²) in [5.41, 5.74) is 0. The molecule has 1 heterocycles. The molecule has 1 aliphatic heterocycles. The van der Waals surface area contributed by atoms with Crippen LogP contribution in [0.2, 0.25) is 0 Å². The molecule has 0 aromatic heterocycles. The molecule has 0 aromatic carbocycles. The molecule has 1 saturated heterocycles. The fourth-order valence-electron chi connectivity index (χ4n) is 2.78. The molecule has 1 saturated carbocycles. The molecule has 26 heavy (non-hydrogen) atoms. The maximum Gasteiger partial charge on any atom is 0.252 e. The van der Waals surface area contributed by atoms with Gasteiger partial charge in [-0.1, -0.05) is 13.0 Å². The average molecular weight is 382 g/mol. The lowest BCUT2D eigenvalue weighted by Gasteiger charge is -2.27. The minimum Gasteiger partial charge on any atom is -0.350 e. The number of carbonyl (C=O) groups is 4. The van der Waals surface area contributed by atoms with Gasteiger partial charge in [0, 0.05) is 17.7 Å². The van der Waals surface area contributed by atoms with Crippen molar-refractivity contribution in [3.05, 3.63) is 12.7 Å². The SMILES string of the molecule is C=C[C@H](C)C(NC(=O)C1CCCN1C(=O)CNC=O)C(=O)NSC1CC1. The van der Waals surface area contributed by atoms with Crippen LogP contribution in [0.15, 0.2) is 12.7 Å². The highest BCUT2D eigenvalue weighted by Gasteiger charge is 2.36. The van der Waals surface area contributed by atoms with Crippen molar-refractivity contribution in [2.75, 3.05) is 13.1 Å². The Morgan fingerprint density at radius 3 is 2.65 bits per heavy atom. The largest absolute Gasteiger partial charge is 0.350 e. The van der Waals surface area contributed by atoms with E-state index in [1.165, 1.54) is 16.8 Å². The smallest absolute Gasteiger partial charge is 0.252 e. The van der Waals surface area contributed by atoms with Crippen molar-refractivity contribution in [3.63, 3.8) is 0 Å². The Bertz CT molecular complexity index is 567. The molecular weight excluding hydrogens is 356 g/mol. The van der Waals surface area contributed by atoms with Gasteiger partial charge in [-0.25, -0.2) is 0 Å². The van der Waals surface area contributed by atoms with E-state index in [9.17, 15) is 19.2 Å². The van der Waals surface area contributed by atoms with Crippen LogP contribution in [-0.2, 0) is 19.2 Å². The van der Waals surface area contributed by atoms with Crippen LogP contribution >= 0.6 is 11.9 Å². The summed E-state index contributed by atoms with van der Waals surface area (Å²) in [6.07, 6.45) is 5.49. The minimum absolute atomic E-state index is 0.141. The van der Waals surface area contributed by atoms with Gasteiger partial charge in [0.2, 0.25) is 18.2 Å². The molecule has 8 nitrogen and oxygen atoms in total. The van der Waals surface area contributed by atoms with Crippen molar-refractivity contribution in [1.82, 2.24) is 20.3 Å². The van der Waals surface area contributed by atoms with Gasteiger partial charge in [0.1, 0.15) is 12.1 Å². The van der Waals surface area contributed by atoms with Crippen LogP contribution in [0.3, 0.4) is 0 Å². The van der Waals surface area contributed by atoms with Crippen molar-refractivity contribution in [3.8, 4) is 0 Å². The highest BCUT2D eigenvalue weighted by molar-refractivity contribution is 7.98. The molecule has 1 aliphatic carbocycles. The van der Waals surface area contributed by atoms with E-state index in [1.807, 2.05) is 6.92 Å². The van der Waals surface area contributed by atoms with Crippen LogP contribution in [0.4, 0.5) is 0 Å². The summed E-state index contributed by atoms with van der Waals surface area (Å²) < 4.78 is 2.80. The maximum atomic E-state index is 12.7. The van der Waals surface area contributed by atoms with E-state index in [-0.39, 0.29) is 30.2 Å². The van der Waals surface area contributed by atoms with E-state index in [0.717, 1.165) is 12.8 Å². The average Bonchev–Trinajstić information content (AvgIpc) is 3.34. The topological polar surface area (TPSA) is 108 Å². The molecular formula is C17H26N4O4S. The second-order valence-corrected chi connectivity index (χ2v) is 7.72. The molecule has 4 amide bonds. The maximum absolute atomic E-state index is 12.7. The van der Waals surface area contributed by atoms with Crippen molar-refractivity contribution >= 4 is 36.1 Å². The van der Waals surface area contributed by atoms with E-state index in [0.29, 0.717) is 31.0 Å². The van der Waals surface area contributed by atoms with E-state index in [4.69, 9.17) is 0 Å². The lowest BCUT2D eigenvalue weighted by Crippen LogP contribution is -2.55. The predicted molar refractivity (Wildman–Crippen MR) is 98.8 cm³/mol. The Labute approximate surface area is 157 Å². The number of rotatable bonds is 10. The molecule has 9 heteroatoms. The standard InChI is InChI=1S/C17H26N4O4S/c1-3-11(2)15(17(25)20-26-12-6-7-12)19-16(24)13-5-4-8-21(13)14(23)9-18-10-22/h3,10-13,15H,1,4-9H2,2H3,(H,18,22)(H,19,24)(H,20,25)/t11-,13?,15?/m0/s1. The van der Waals surface area contributed by atoms with Gasteiger partial charge < -0.3 is 15.5 Å².